The van der Waals surface area contributed by atoms with Gasteiger partial charge in [-0.2, -0.15) is 0 Å². The highest BCUT2D eigenvalue weighted by Gasteiger charge is 2.36. The number of benzene rings is 1. The first-order valence-corrected chi connectivity index (χ1v) is 19.9. The molecule has 1 aliphatic rings. The molecule has 1 aromatic carbocycles. The van der Waals surface area contributed by atoms with Crippen LogP contribution < -0.4 is 16.0 Å². The summed E-state index contributed by atoms with van der Waals surface area (Å²) in [5, 5.41) is 18.9. The fourth-order valence-corrected chi connectivity index (χ4v) is 7.13. The van der Waals surface area contributed by atoms with Gasteiger partial charge in [-0.1, -0.05) is 65.2 Å². The molecule has 0 spiro atoms. The highest BCUT2D eigenvalue weighted by atomic mass is 16.9. The van der Waals surface area contributed by atoms with Crippen LogP contribution in [0.5, 0.6) is 0 Å². The summed E-state index contributed by atoms with van der Waals surface area (Å²) in [6, 6.07) is 3.58. The van der Waals surface area contributed by atoms with Gasteiger partial charge in [-0.05, 0) is 82.3 Å². The summed E-state index contributed by atoms with van der Waals surface area (Å²) in [6.07, 6.45) is 7.92. The van der Waals surface area contributed by atoms with Crippen LogP contribution in [0, 0.1) is 15.5 Å². The van der Waals surface area contributed by atoms with E-state index in [-0.39, 0.29) is 49.6 Å². The van der Waals surface area contributed by atoms with Gasteiger partial charge in [-0.25, -0.2) is 14.4 Å². The molecule has 5 atom stereocenters. The number of nitrogens with one attached hydrogen (secondary N) is 3. The van der Waals surface area contributed by atoms with Crippen LogP contribution >= 0.6 is 0 Å². The van der Waals surface area contributed by atoms with Gasteiger partial charge in [0, 0.05) is 30.1 Å². The van der Waals surface area contributed by atoms with Crippen LogP contribution in [0.4, 0.5) is 9.59 Å². The number of piperidine rings is 1. The van der Waals surface area contributed by atoms with E-state index in [0.29, 0.717) is 55.0 Å². The predicted octanol–water partition coefficient (Wildman–Crippen LogP) is 6.05. The van der Waals surface area contributed by atoms with Crippen molar-refractivity contribution in [2.45, 2.75) is 149 Å². The number of hydrogen-bond acceptors (Lipinski definition) is 10. The summed E-state index contributed by atoms with van der Waals surface area (Å²) >= 11 is 0. The Morgan fingerprint density at radius 1 is 0.893 bits per heavy atom. The first kappa shape index (κ1) is 45.5. The highest BCUT2D eigenvalue weighted by Crippen LogP contribution is 2.26. The summed E-state index contributed by atoms with van der Waals surface area (Å²) in [7, 11) is 1.27. The van der Waals surface area contributed by atoms with Crippen molar-refractivity contribution in [3.05, 3.63) is 46.1 Å². The van der Waals surface area contributed by atoms with E-state index in [1.165, 1.54) is 11.7 Å². The van der Waals surface area contributed by atoms with Crippen LogP contribution in [0.15, 0.2) is 30.5 Å². The zero-order valence-corrected chi connectivity index (χ0v) is 34.1. The summed E-state index contributed by atoms with van der Waals surface area (Å²) in [5.41, 5.74) is 0.755. The maximum absolute atomic E-state index is 14.3. The van der Waals surface area contributed by atoms with Crippen molar-refractivity contribution in [2.75, 3.05) is 20.3 Å². The van der Waals surface area contributed by atoms with E-state index in [4.69, 9.17) is 9.47 Å². The standard InChI is InChI=1S/C40H62N6O10/c1-8-9-20-31(37(49)55-22-14-10-11-15-23-56-46(52)53)41-35(47)32(24-29-26-44(39(51)54-7)34-21-13-12-19-30(29)34)42-36(48)33(25-40(4,5)6)43-38(50)45-27(2)17-16-18-28(45)3/h12-13,19,21,26-28,31-33H,8-11,14-18,20,22-25H2,1-7H3,(H,41,47)(H,42,48)(H,43,50). The van der Waals surface area contributed by atoms with Crippen molar-refractivity contribution < 1.29 is 43.4 Å². The molecule has 56 heavy (non-hydrogen) atoms. The lowest BCUT2D eigenvalue weighted by Gasteiger charge is -2.40. The third-order valence-electron chi connectivity index (χ3n) is 10.0. The Bertz CT molecular complexity index is 1630. The van der Waals surface area contributed by atoms with Crippen LogP contribution in [-0.2, 0) is 35.1 Å². The van der Waals surface area contributed by atoms with Gasteiger partial charge in [-0.3, -0.25) is 14.2 Å². The molecule has 0 aliphatic carbocycles. The Morgan fingerprint density at radius 3 is 2.14 bits per heavy atom. The van der Waals surface area contributed by atoms with Crippen LogP contribution in [0.3, 0.4) is 0 Å². The molecule has 1 saturated heterocycles. The van der Waals surface area contributed by atoms with Crippen LogP contribution in [0.1, 0.15) is 118 Å². The zero-order chi connectivity index (χ0) is 41.4. The molecule has 0 radical (unpaired) electrons. The molecule has 4 amide bonds. The maximum Gasteiger partial charge on any atom is 0.418 e. The minimum absolute atomic E-state index is 0.000990. The predicted molar refractivity (Wildman–Crippen MR) is 210 cm³/mol. The van der Waals surface area contributed by atoms with Crippen molar-refractivity contribution in [1.82, 2.24) is 25.4 Å². The number of para-hydroxylation sites is 1. The van der Waals surface area contributed by atoms with Crippen molar-refractivity contribution >= 4 is 40.8 Å². The Kier molecular flexibility index (Phi) is 17.9. The molecule has 2 aromatic rings. The van der Waals surface area contributed by atoms with E-state index in [0.717, 1.165) is 25.7 Å². The summed E-state index contributed by atoms with van der Waals surface area (Å²) < 4.78 is 11.9. The van der Waals surface area contributed by atoms with Gasteiger partial charge >= 0.3 is 18.1 Å². The fourth-order valence-electron chi connectivity index (χ4n) is 7.13. The van der Waals surface area contributed by atoms with Crippen LogP contribution in [-0.4, -0.2) is 95.0 Å². The number of amides is 4. The van der Waals surface area contributed by atoms with Crippen LogP contribution in [0.25, 0.3) is 10.9 Å². The second-order valence-corrected chi connectivity index (χ2v) is 15.9. The average Bonchev–Trinajstić information content (AvgIpc) is 3.50. The molecule has 0 bridgehead atoms. The number of fused-ring (bicyclic) bond motifs is 1. The summed E-state index contributed by atoms with van der Waals surface area (Å²) in [4.78, 5) is 84.8. The number of rotatable bonds is 20. The number of ether oxygens (including phenoxy) is 2. The van der Waals surface area contributed by atoms with Gasteiger partial charge in [0.1, 0.15) is 18.1 Å². The quantitative estimate of drug-likeness (QED) is 0.0615. The third-order valence-corrected chi connectivity index (χ3v) is 10.0. The number of methoxy groups -OCH3 is 1. The van der Waals surface area contributed by atoms with E-state index < -0.39 is 47.1 Å². The molecule has 3 rings (SSSR count). The van der Waals surface area contributed by atoms with E-state index >= 15 is 0 Å². The minimum Gasteiger partial charge on any atom is -0.464 e. The molecule has 1 aromatic heterocycles. The molecule has 1 aliphatic heterocycles. The van der Waals surface area contributed by atoms with E-state index in [1.54, 1.807) is 35.4 Å². The molecule has 16 nitrogen and oxygen atoms in total. The Balaban J connectivity index is 1.88. The number of unbranched alkanes of at least 4 members (excludes halogenated alkanes) is 4. The van der Waals surface area contributed by atoms with Gasteiger partial charge in [0.2, 0.25) is 11.8 Å². The number of nitrogens with zero attached hydrogens (tertiary/aromatic N) is 3. The number of hydrogen-bond donors (Lipinski definition) is 3. The first-order chi connectivity index (χ1) is 26.6. The molecule has 16 heteroatoms. The number of likely N-dealkylation sites (tertiary alicyclic amines) is 1. The van der Waals surface area contributed by atoms with Gasteiger partial charge in [0.15, 0.2) is 0 Å². The maximum atomic E-state index is 14.3. The molecule has 1 fully saturated rings. The topological polar surface area (TPSA) is 200 Å². The average molecular weight is 787 g/mol. The molecule has 3 N–H and O–H groups in total. The third kappa shape index (κ3) is 14.0. The smallest absolute Gasteiger partial charge is 0.418 e. The minimum atomic E-state index is -1.22. The Hall–Kier alpha value is -4.89. The fraction of sp³-hybridized carbons (Fsp3) is 0.675. The van der Waals surface area contributed by atoms with Crippen molar-refractivity contribution in [1.29, 1.82) is 0 Å². The number of aromatic nitrogens is 1. The lowest BCUT2D eigenvalue weighted by molar-refractivity contribution is -0.757. The zero-order valence-electron chi connectivity index (χ0n) is 34.1. The van der Waals surface area contributed by atoms with Crippen molar-refractivity contribution in [2.24, 2.45) is 5.41 Å². The molecule has 0 saturated carbocycles. The summed E-state index contributed by atoms with van der Waals surface area (Å²) in [5.74, 6) is -1.80. The normalized spacial score (nSPS) is 17.3. The lowest BCUT2D eigenvalue weighted by Crippen LogP contribution is -2.60. The highest BCUT2D eigenvalue weighted by molar-refractivity contribution is 5.95. The Morgan fingerprint density at radius 2 is 1.52 bits per heavy atom. The number of urea groups is 1. The van der Waals surface area contributed by atoms with Gasteiger partial charge < -0.3 is 35.2 Å². The van der Waals surface area contributed by atoms with E-state index in [2.05, 4.69) is 20.8 Å². The Labute approximate surface area is 329 Å². The van der Waals surface area contributed by atoms with Crippen molar-refractivity contribution in [3.63, 3.8) is 0 Å². The number of esters is 1. The van der Waals surface area contributed by atoms with Crippen LogP contribution in [0.2, 0.25) is 0 Å². The van der Waals surface area contributed by atoms with Gasteiger partial charge in [-0.15, -0.1) is 10.1 Å². The first-order valence-electron chi connectivity index (χ1n) is 19.9. The summed E-state index contributed by atoms with van der Waals surface area (Å²) in [6.45, 7) is 11.9. The second-order valence-electron chi connectivity index (χ2n) is 15.9. The van der Waals surface area contributed by atoms with E-state index in [1.807, 2.05) is 41.5 Å². The SMILES string of the molecule is CCCCC(NC(=O)C(Cc1cn(C(=O)OC)c2ccccc12)NC(=O)C(CC(C)(C)C)NC(=O)N1C(C)CCCC1C)C(=O)OCCCCCCO[N+](=O)[O-]. The molecular formula is C40H62N6O10. The largest absolute Gasteiger partial charge is 0.464 e. The molecule has 2 heterocycles. The molecule has 5 unspecified atom stereocenters. The lowest BCUT2D eigenvalue weighted by atomic mass is 9.87. The molecular weight excluding hydrogens is 724 g/mol. The number of carbonyl (C=O) groups excluding carboxylic acids is 5. The number of carbonyl (C=O) groups is 5. The monoisotopic (exact) mass is 786 g/mol. The molecule has 312 valence electrons. The van der Waals surface area contributed by atoms with Crippen molar-refractivity contribution in [3.8, 4) is 0 Å². The van der Waals surface area contributed by atoms with Gasteiger partial charge in [0.05, 0.1) is 25.8 Å². The van der Waals surface area contributed by atoms with Gasteiger partial charge in [0.25, 0.3) is 5.09 Å². The van der Waals surface area contributed by atoms with E-state index in [9.17, 15) is 34.1 Å². The second kappa shape index (κ2) is 22.0.